The summed E-state index contributed by atoms with van der Waals surface area (Å²) < 4.78 is 0. The normalized spacial score (nSPS) is 10.4. The van der Waals surface area contributed by atoms with Crippen molar-refractivity contribution in [3.05, 3.63) is 55.4 Å². The second-order valence-corrected chi connectivity index (χ2v) is 5.40. The van der Waals surface area contributed by atoms with Crippen LogP contribution in [0.4, 0.5) is 16.2 Å². The molecule has 0 aliphatic carbocycles. The molecule has 126 valence electrons. The summed E-state index contributed by atoms with van der Waals surface area (Å²) in [5, 5.41) is 11.9. The van der Waals surface area contributed by atoms with Crippen molar-refractivity contribution in [2.24, 2.45) is 0 Å². The number of fused-ring (bicyclic) bond motifs is 1. The number of pyridine rings is 1. The molecule has 2 heterocycles. The molecule has 0 radical (unpaired) electrons. The van der Waals surface area contributed by atoms with Crippen LogP contribution < -0.4 is 10.2 Å². The van der Waals surface area contributed by atoms with Crippen LogP contribution in [-0.4, -0.2) is 34.1 Å². The molecule has 0 saturated carbocycles. The molecule has 7 heteroatoms. The molecule has 0 bridgehead atoms. The van der Waals surface area contributed by atoms with E-state index in [0.717, 1.165) is 22.2 Å². The van der Waals surface area contributed by atoms with E-state index in [0.29, 0.717) is 11.3 Å². The van der Waals surface area contributed by atoms with Crippen LogP contribution in [0.15, 0.2) is 55.4 Å². The lowest BCUT2D eigenvalue weighted by Gasteiger charge is -2.16. The molecular weight excluding hydrogens is 320 g/mol. The molecule has 25 heavy (non-hydrogen) atoms. The number of carbonyl (C=O) groups is 2. The van der Waals surface area contributed by atoms with Crippen LogP contribution >= 0.6 is 0 Å². The predicted octanol–water partition coefficient (Wildman–Crippen LogP) is 3.47. The first-order valence-corrected chi connectivity index (χ1v) is 7.47. The number of rotatable bonds is 4. The number of nitrogens with one attached hydrogen (secondary N) is 2. The van der Waals surface area contributed by atoms with Crippen LogP contribution in [0, 0.1) is 0 Å². The van der Waals surface area contributed by atoms with E-state index in [4.69, 9.17) is 5.11 Å². The Kier molecular flexibility index (Phi) is 4.21. The minimum absolute atomic E-state index is 0.203. The number of nitrogens with zero attached hydrogens (tertiary/aromatic N) is 2. The zero-order chi connectivity index (χ0) is 18.0. The Balaban J connectivity index is 2.05. The topological polar surface area (TPSA) is 98.3 Å². The fourth-order valence-corrected chi connectivity index (χ4v) is 2.58. The van der Waals surface area contributed by atoms with Gasteiger partial charge in [-0.25, -0.2) is 9.78 Å². The number of aromatic nitrogens is 2. The van der Waals surface area contributed by atoms with Gasteiger partial charge >= 0.3 is 6.09 Å². The first-order valence-electron chi connectivity index (χ1n) is 7.47. The van der Waals surface area contributed by atoms with Gasteiger partial charge in [-0.3, -0.25) is 10.1 Å². The van der Waals surface area contributed by atoms with Gasteiger partial charge in [-0.1, -0.05) is 18.7 Å². The van der Waals surface area contributed by atoms with Gasteiger partial charge in [0.25, 0.3) is 0 Å². The molecule has 1 aromatic carbocycles. The van der Waals surface area contributed by atoms with E-state index < -0.39 is 6.09 Å². The average molecular weight is 336 g/mol. The molecule has 7 nitrogen and oxygen atoms in total. The second-order valence-electron chi connectivity index (χ2n) is 5.40. The first-order chi connectivity index (χ1) is 12.0. The Bertz CT molecular complexity index is 977. The van der Waals surface area contributed by atoms with Gasteiger partial charge in [0, 0.05) is 29.9 Å². The first kappa shape index (κ1) is 16.3. The van der Waals surface area contributed by atoms with Gasteiger partial charge in [-0.2, -0.15) is 0 Å². The van der Waals surface area contributed by atoms with Gasteiger partial charge in [-0.15, -0.1) is 0 Å². The van der Waals surface area contributed by atoms with E-state index in [1.165, 1.54) is 17.2 Å². The van der Waals surface area contributed by atoms with E-state index in [2.05, 4.69) is 21.9 Å². The molecule has 0 saturated heterocycles. The third-order valence-corrected chi connectivity index (χ3v) is 3.83. The fourth-order valence-electron chi connectivity index (χ4n) is 2.58. The number of amides is 2. The molecule has 0 aliphatic rings. The number of aromatic amines is 1. The summed E-state index contributed by atoms with van der Waals surface area (Å²) in [6, 6.07) is 9.18. The van der Waals surface area contributed by atoms with Crippen LogP contribution in [0.2, 0.25) is 0 Å². The van der Waals surface area contributed by atoms with Crippen LogP contribution in [0.1, 0.15) is 0 Å². The molecule has 0 aliphatic heterocycles. The number of carboxylic acid groups (broad SMARTS) is 1. The Labute approximate surface area is 143 Å². The SMILES string of the molecule is C=CC(=O)N(C)c1cccc(-c2c[nH]c3ncc(NC(=O)O)cc23)c1. The highest BCUT2D eigenvalue weighted by molar-refractivity contribution is 6.02. The monoisotopic (exact) mass is 336 g/mol. The van der Waals surface area contributed by atoms with E-state index in [1.54, 1.807) is 19.3 Å². The second kappa shape index (κ2) is 6.48. The zero-order valence-corrected chi connectivity index (χ0v) is 13.5. The summed E-state index contributed by atoms with van der Waals surface area (Å²) in [6.07, 6.45) is 3.36. The third kappa shape index (κ3) is 3.20. The van der Waals surface area contributed by atoms with Gasteiger partial charge in [0.2, 0.25) is 5.91 Å². The summed E-state index contributed by atoms with van der Waals surface area (Å²) in [6.45, 7) is 3.49. The van der Waals surface area contributed by atoms with Gasteiger partial charge in [0.15, 0.2) is 0 Å². The van der Waals surface area contributed by atoms with Gasteiger partial charge < -0.3 is 15.0 Å². The number of carbonyl (C=O) groups excluding carboxylic acids is 1. The number of hydrogen-bond acceptors (Lipinski definition) is 3. The molecule has 0 atom stereocenters. The Morgan fingerprint density at radius 2 is 2.16 bits per heavy atom. The van der Waals surface area contributed by atoms with Crippen molar-refractivity contribution in [1.82, 2.24) is 9.97 Å². The van der Waals surface area contributed by atoms with Crippen LogP contribution in [0.25, 0.3) is 22.2 Å². The standard InChI is InChI=1S/C18H16N4O3/c1-3-16(23)22(2)13-6-4-5-11(7-13)15-10-20-17-14(15)8-12(9-19-17)21-18(24)25/h3-10,21H,1H2,2H3,(H,19,20)(H,24,25). The van der Waals surface area contributed by atoms with E-state index >= 15 is 0 Å². The summed E-state index contributed by atoms with van der Waals surface area (Å²) in [7, 11) is 1.68. The third-order valence-electron chi connectivity index (χ3n) is 3.83. The maximum Gasteiger partial charge on any atom is 0.409 e. The highest BCUT2D eigenvalue weighted by atomic mass is 16.4. The van der Waals surface area contributed by atoms with Crippen LogP contribution in [-0.2, 0) is 4.79 Å². The minimum atomic E-state index is -1.15. The van der Waals surface area contributed by atoms with Gasteiger partial charge in [0.05, 0.1) is 11.9 Å². The number of anilines is 2. The van der Waals surface area contributed by atoms with Crippen LogP contribution in [0.5, 0.6) is 0 Å². The van der Waals surface area contributed by atoms with Gasteiger partial charge in [-0.05, 0) is 29.8 Å². The van der Waals surface area contributed by atoms with Gasteiger partial charge in [0.1, 0.15) is 5.65 Å². The lowest BCUT2D eigenvalue weighted by Crippen LogP contribution is -2.23. The van der Waals surface area contributed by atoms with E-state index in [9.17, 15) is 9.59 Å². The van der Waals surface area contributed by atoms with E-state index in [-0.39, 0.29) is 5.91 Å². The number of benzene rings is 1. The van der Waals surface area contributed by atoms with Crippen molar-refractivity contribution >= 4 is 34.4 Å². The maximum atomic E-state index is 11.8. The van der Waals surface area contributed by atoms with Crippen molar-refractivity contribution < 1.29 is 14.7 Å². The predicted molar refractivity (Wildman–Crippen MR) is 96.8 cm³/mol. The minimum Gasteiger partial charge on any atom is -0.465 e. The molecule has 2 amide bonds. The van der Waals surface area contributed by atoms with Crippen molar-refractivity contribution in [3.63, 3.8) is 0 Å². The summed E-state index contributed by atoms with van der Waals surface area (Å²) in [5.41, 5.74) is 3.49. The molecule has 2 aromatic heterocycles. The van der Waals surface area contributed by atoms with Crippen molar-refractivity contribution in [2.45, 2.75) is 0 Å². The van der Waals surface area contributed by atoms with Crippen molar-refractivity contribution in [3.8, 4) is 11.1 Å². The average Bonchev–Trinajstić information content (AvgIpc) is 3.03. The Hall–Kier alpha value is -3.61. The Morgan fingerprint density at radius 3 is 2.88 bits per heavy atom. The lowest BCUT2D eigenvalue weighted by molar-refractivity contribution is -0.113. The molecular formula is C18H16N4O3. The summed E-state index contributed by atoms with van der Waals surface area (Å²) >= 11 is 0. The molecule has 0 unspecified atom stereocenters. The number of H-pyrrole nitrogens is 1. The fraction of sp³-hybridized carbons (Fsp3) is 0.0556. The van der Waals surface area contributed by atoms with Crippen molar-refractivity contribution in [2.75, 3.05) is 17.3 Å². The molecule has 3 rings (SSSR count). The quantitative estimate of drug-likeness (QED) is 0.635. The molecule has 3 N–H and O–H groups in total. The maximum absolute atomic E-state index is 11.8. The molecule has 0 fully saturated rings. The number of likely N-dealkylation sites (N-methyl/N-ethyl adjacent to an activating group) is 1. The molecule has 3 aromatic rings. The molecule has 0 spiro atoms. The summed E-state index contributed by atoms with van der Waals surface area (Å²) in [5.74, 6) is -0.203. The largest absolute Gasteiger partial charge is 0.465 e. The number of hydrogen-bond donors (Lipinski definition) is 3. The smallest absolute Gasteiger partial charge is 0.409 e. The Morgan fingerprint density at radius 1 is 1.36 bits per heavy atom. The van der Waals surface area contributed by atoms with Crippen molar-refractivity contribution in [1.29, 1.82) is 0 Å². The highest BCUT2D eigenvalue weighted by Gasteiger charge is 2.12. The zero-order valence-electron chi connectivity index (χ0n) is 13.5. The lowest BCUT2D eigenvalue weighted by atomic mass is 10.0. The van der Waals surface area contributed by atoms with E-state index in [1.807, 2.05) is 24.3 Å². The highest BCUT2D eigenvalue weighted by Crippen LogP contribution is 2.31. The summed E-state index contributed by atoms with van der Waals surface area (Å²) in [4.78, 5) is 31.4. The van der Waals surface area contributed by atoms with Crippen LogP contribution in [0.3, 0.4) is 0 Å².